The number of halogens is 3. The summed E-state index contributed by atoms with van der Waals surface area (Å²) in [5, 5.41) is 5.56. The normalized spacial score (nSPS) is 20.8. The molecule has 0 radical (unpaired) electrons. The van der Waals surface area contributed by atoms with Crippen molar-refractivity contribution in [3.05, 3.63) is 12.2 Å². The molecule has 0 bridgehead atoms. The van der Waals surface area contributed by atoms with E-state index in [9.17, 15) is 9.59 Å². The average Bonchev–Trinajstić information content (AvgIpc) is 2.76. The summed E-state index contributed by atoms with van der Waals surface area (Å²) in [5.41, 5.74) is 0. The van der Waals surface area contributed by atoms with Crippen LogP contribution in [0.1, 0.15) is 12.8 Å². The second-order valence-electron chi connectivity index (χ2n) is 5.07. The first kappa shape index (κ1) is 27.9. The number of hydrogen-bond acceptors (Lipinski definition) is 7. The molecular formula is C13H14Cl3N3O2S5Zn. The van der Waals surface area contributed by atoms with Gasteiger partial charge in [0.05, 0.1) is 11.8 Å². The van der Waals surface area contributed by atoms with Gasteiger partial charge in [-0.25, -0.2) is 4.31 Å². The zero-order chi connectivity index (χ0) is 19.9. The third kappa shape index (κ3) is 10.5. The minimum atomic E-state index is -1.69. The maximum absolute atomic E-state index is 11.9. The van der Waals surface area contributed by atoms with Gasteiger partial charge in [-0.3, -0.25) is 9.59 Å². The van der Waals surface area contributed by atoms with Gasteiger partial charge in [-0.2, -0.15) is 0 Å². The van der Waals surface area contributed by atoms with Gasteiger partial charge in [-0.1, -0.05) is 55.6 Å². The molecule has 1 saturated heterocycles. The molecule has 27 heavy (non-hydrogen) atoms. The number of carbonyl (C=O) groups excluding carboxylic acids is 2. The van der Waals surface area contributed by atoms with Crippen molar-refractivity contribution in [2.24, 2.45) is 11.8 Å². The van der Waals surface area contributed by atoms with E-state index in [1.165, 1.54) is 0 Å². The van der Waals surface area contributed by atoms with Gasteiger partial charge in [0, 0.05) is 25.0 Å². The first-order valence-electron chi connectivity index (χ1n) is 7.23. The van der Waals surface area contributed by atoms with Crippen molar-refractivity contribution in [2.45, 2.75) is 16.0 Å². The fourth-order valence-electron chi connectivity index (χ4n) is 2.28. The van der Waals surface area contributed by atoms with Crippen molar-refractivity contribution in [1.29, 1.82) is 0 Å². The van der Waals surface area contributed by atoms with Crippen LogP contribution in [0, 0.1) is 11.8 Å². The predicted octanol–water partition coefficient (Wildman–Crippen LogP) is 2.74. The second-order valence-corrected chi connectivity index (χ2v) is 11.3. The summed E-state index contributed by atoms with van der Waals surface area (Å²) in [7, 11) is 0. The van der Waals surface area contributed by atoms with E-state index >= 15 is 0 Å². The van der Waals surface area contributed by atoms with Crippen molar-refractivity contribution >= 4 is 117 Å². The third-order valence-corrected chi connectivity index (χ3v) is 5.23. The van der Waals surface area contributed by atoms with Gasteiger partial charge < -0.3 is 60.3 Å². The first-order chi connectivity index (χ1) is 12.0. The van der Waals surface area contributed by atoms with Gasteiger partial charge in [0.15, 0.2) is 0 Å². The number of carbonyl (C=O) groups is 2. The van der Waals surface area contributed by atoms with Crippen LogP contribution >= 0.6 is 71.2 Å². The Balaban J connectivity index is 0.000000539. The Bertz CT molecular complexity index is 590. The van der Waals surface area contributed by atoms with Crippen molar-refractivity contribution in [2.75, 3.05) is 13.1 Å². The molecule has 2 N–H and O–H groups in total. The van der Waals surface area contributed by atoms with Crippen LogP contribution in [0.25, 0.3) is 0 Å². The average molecular weight is 576 g/mol. The molecule has 14 heteroatoms. The fourth-order valence-corrected chi connectivity index (χ4v) is 3.95. The van der Waals surface area contributed by atoms with Crippen molar-refractivity contribution in [1.82, 2.24) is 14.9 Å². The Morgan fingerprint density at radius 2 is 1.70 bits per heavy atom. The summed E-state index contributed by atoms with van der Waals surface area (Å²) in [5.74, 6) is -1.20. The SMILES string of the molecule is O=C1C2C=CCCC2C(=O)N1SC(Cl)(Cl)Cl.S=C([S-])NCCNC(=S)[S-].[Zn+2]. The van der Waals surface area contributed by atoms with Gasteiger partial charge >= 0.3 is 19.5 Å². The molecule has 2 atom stereocenters. The summed E-state index contributed by atoms with van der Waals surface area (Å²) in [6.45, 7) is 1.33. The number of imide groups is 1. The number of thiocarbonyl (C=S) groups is 2. The molecule has 1 heterocycles. The molecule has 0 aromatic rings. The van der Waals surface area contributed by atoms with Crippen LogP contribution in [-0.2, 0) is 54.3 Å². The van der Waals surface area contributed by atoms with Crippen molar-refractivity contribution in [3.63, 3.8) is 0 Å². The van der Waals surface area contributed by atoms with Gasteiger partial charge in [-0.05, 0) is 12.8 Å². The van der Waals surface area contributed by atoms with Crippen molar-refractivity contribution in [3.8, 4) is 0 Å². The Morgan fingerprint density at radius 1 is 1.19 bits per heavy atom. The number of amides is 2. The molecule has 146 valence electrons. The van der Waals surface area contributed by atoms with Crippen molar-refractivity contribution < 1.29 is 29.1 Å². The molecule has 1 aliphatic heterocycles. The maximum atomic E-state index is 11.9. The van der Waals surface area contributed by atoms with Crippen LogP contribution in [0.3, 0.4) is 0 Å². The summed E-state index contributed by atoms with van der Waals surface area (Å²) in [4.78, 5) is 23.8. The first-order valence-corrected chi connectivity index (χ1v) is 10.8. The number of alkyl halides is 3. The topological polar surface area (TPSA) is 61.4 Å². The molecule has 0 aromatic heterocycles. The molecule has 2 rings (SSSR count). The quantitative estimate of drug-likeness (QED) is 0.0770. The predicted molar refractivity (Wildman–Crippen MR) is 121 cm³/mol. The van der Waals surface area contributed by atoms with Gasteiger partial charge in [0.1, 0.15) is 0 Å². The largest absolute Gasteiger partial charge is 2.00 e. The number of rotatable bonds is 4. The van der Waals surface area contributed by atoms with E-state index in [1.807, 2.05) is 6.08 Å². The minimum absolute atomic E-state index is 0. The zero-order valence-corrected chi connectivity index (χ0v) is 23.1. The van der Waals surface area contributed by atoms with E-state index in [-0.39, 0.29) is 43.1 Å². The molecule has 2 amide bonds. The van der Waals surface area contributed by atoms with E-state index in [0.29, 0.717) is 40.1 Å². The van der Waals surface area contributed by atoms with Gasteiger partial charge in [0.25, 0.3) is 3.12 Å². The Hall–Kier alpha value is 0.943. The monoisotopic (exact) mass is 573 g/mol. The number of hydrogen-bond donors (Lipinski definition) is 2. The zero-order valence-electron chi connectivity index (χ0n) is 13.8. The molecule has 1 fully saturated rings. The second kappa shape index (κ2) is 13.3. The smallest absolute Gasteiger partial charge is 0.412 e. The van der Waals surface area contributed by atoms with E-state index in [2.05, 4.69) is 60.3 Å². The molecule has 5 nitrogen and oxygen atoms in total. The van der Waals surface area contributed by atoms with Crippen LogP contribution in [0.5, 0.6) is 0 Å². The number of fused-ring (bicyclic) bond motifs is 1. The van der Waals surface area contributed by atoms with Crippen LogP contribution in [0.4, 0.5) is 0 Å². The summed E-state index contributed by atoms with van der Waals surface area (Å²) in [6.07, 6.45) is 5.18. The minimum Gasteiger partial charge on any atom is -0.412 e. The van der Waals surface area contributed by atoms with Gasteiger partial charge in [0.2, 0.25) is 11.8 Å². The molecule has 0 spiro atoms. The van der Waals surface area contributed by atoms with Gasteiger partial charge in [-0.15, -0.1) is 0 Å². The number of nitrogens with zero attached hydrogens (tertiary/aromatic N) is 1. The molecule has 2 aliphatic rings. The molecular weight excluding hydrogens is 562 g/mol. The summed E-state index contributed by atoms with van der Waals surface area (Å²) < 4.78 is 0.0368. The molecule has 0 aromatic carbocycles. The van der Waals surface area contributed by atoms with E-state index < -0.39 is 3.12 Å². The van der Waals surface area contributed by atoms with E-state index in [1.54, 1.807) is 6.08 Å². The van der Waals surface area contributed by atoms with Crippen LogP contribution < -0.4 is 10.6 Å². The Labute approximate surface area is 212 Å². The van der Waals surface area contributed by atoms with Crippen LogP contribution in [-0.4, -0.2) is 41.0 Å². The summed E-state index contributed by atoms with van der Waals surface area (Å²) in [6, 6.07) is 0. The Morgan fingerprint density at radius 3 is 2.11 bits per heavy atom. The van der Waals surface area contributed by atoms with Crippen LogP contribution in [0.2, 0.25) is 0 Å². The standard InChI is InChI=1S/C9H8Cl3NO2S.C4H8N2S4.Zn/c10-9(11,12)16-13-7(14)5-3-1-2-4-6(5)8(13)15;7-3(8)5-1-2-6-4(9)10;/h1,3,5-6H,2,4H2;1-2H2,(H2,5,7,8)(H2,6,9,10);/q;;+2/p-2. The van der Waals surface area contributed by atoms with E-state index in [4.69, 9.17) is 34.8 Å². The maximum Gasteiger partial charge on any atom is 2.00 e. The number of allylic oxidation sites excluding steroid dienone is 1. The fraction of sp³-hybridized carbons (Fsp3) is 0.538. The molecule has 1 aliphatic carbocycles. The molecule has 2 unspecified atom stereocenters. The third-order valence-electron chi connectivity index (χ3n) is 3.28. The molecule has 0 saturated carbocycles. The summed E-state index contributed by atoms with van der Waals surface area (Å²) >= 11 is 35.7. The Kier molecular flexibility index (Phi) is 13.8. The van der Waals surface area contributed by atoms with Crippen LogP contribution in [0.15, 0.2) is 12.2 Å². The number of nitrogens with one attached hydrogen (secondary N) is 2. The van der Waals surface area contributed by atoms with E-state index in [0.717, 1.165) is 10.7 Å².